The number of hydrogen-bond acceptors (Lipinski definition) is 24. The van der Waals surface area contributed by atoms with Crippen LogP contribution in [0.4, 0.5) is 4.79 Å². The van der Waals surface area contributed by atoms with Gasteiger partial charge in [-0.05, 0) is 120 Å². The maximum Gasteiger partial charge on any atom is 0.407 e. The molecule has 618 valence electrons. The lowest BCUT2D eigenvalue weighted by Crippen LogP contribution is -2.53. The van der Waals surface area contributed by atoms with E-state index in [0.29, 0.717) is 141 Å². The summed E-state index contributed by atoms with van der Waals surface area (Å²) < 4.78 is 74.4. The number of ether oxygens (including phenoxy) is 13. The van der Waals surface area contributed by atoms with Gasteiger partial charge in [0.05, 0.1) is 51.8 Å². The summed E-state index contributed by atoms with van der Waals surface area (Å²) in [7, 11) is 0. The van der Waals surface area contributed by atoms with Crippen molar-refractivity contribution in [3.05, 3.63) is 0 Å². The summed E-state index contributed by atoms with van der Waals surface area (Å²) >= 11 is 0. The highest BCUT2D eigenvalue weighted by Gasteiger charge is 2.45. The number of carbonyl (C=O) groups excluding carboxylic acids is 10. The molecule has 3 aliphatic heterocycles. The van der Waals surface area contributed by atoms with Crippen molar-refractivity contribution in [3.63, 3.8) is 0 Å². The van der Waals surface area contributed by atoms with Crippen LogP contribution in [0, 0.1) is 47.3 Å². The zero-order valence-corrected chi connectivity index (χ0v) is 67.3. The maximum atomic E-state index is 12.8. The molecule has 3 heterocycles. The molecule has 0 aromatic rings. The Kier molecular flexibility index (Phi) is 49.8. The standard InChI is InChI=1S/C80H140N4O23/c1-55-57(3)68(52-101-63(9)85)105-76(59(55)5)97-46-28-35-67(89)34-22-16-13-21-27-45-84-79(94)100-51-33-42-80(81,40-31-49-95-73(92)38-23-17-14-19-25-43-82-71(90)36-29-47-98-77-60(6)56(2)58(4)69(106-77)53-102-64(10)86)41-32-50-96-74(93)39-24-18-15-20-26-44-83-72(91)37-30-48-99-78-62(8)75(104-66(12)88)61(7)70(107-78)54-103-65(11)87/h55-62,68-70,75-78H,13-54,81H2,1-12H3,(H,82,90)(H,83,91)(H,84,94). The second-order valence-electron chi connectivity index (χ2n) is 30.4. The Morgan fingerprint density at radius 1 is 0.327 bits per heavy atom. The van der Waals surface area contributed by atoms with E-state index < -0.39 is 54.6 Å². The molecule has 0 aliphatic carbocycles. The highest BCUT2D eigenvalue weighted by atomic mass is 16.7. The van der Waals surface area contributed by atoms with E-state index in [1.54, 1.807) is 0 Å². The molecule has 0 aromatic carbocycles. The van der Waals surface area contributed by atoms with E-state index in [2.05, 4.69) is 57.5 Å². The number of carbonyl (C=O) groups is 10. The van der Waals surface area contributed by atoms with E-state index in [1.165, 1.54) is 27.7 Å². The first-order valence-electron chi connectivity index (χ1n) is 40.6. The van der Waals surface area contributed by atoms with Crippen molar-refractivity contribution in [1.82, 2.24) is 16.0 Å². The fraction of sp³-hybridized carbons (Fsp3) is 0.875. The van der Waals surface area contributed by atoms with Gasteiger partial charge in [-0.2, -0.15) is 0 Å². The van der Waals surface area contributed by atoms with Crippen molar-refractivity contribution in [2.24, 2.45) is 53.1 Å². The van der Waals surface area contributed by atoms with Crippen molar-refractivity contribution in [3.8, 4) is 0 Å². The number of ketones is 1. The van der Waals surface area contributed by atoms with E-state index >= 15 is 0 Å². The third-order valence-corrected chi connectivity index (χ3v) is 21.4. The van der Waals surface area contributed by atoms with Crippen LogP contribution < -0.4 is 21.7 Å². The van der Waals surface area contributed by atoms with E-state index in [1.807, 2.05) is 13.8 Å². The van der Waals surface area contributed by atoms with Gasteiger partial charge in [-0.3, -0.25) is 43.2 Å². The Morgan fingerprint density at radius 3 is 1.07 bits per heavy atom. The number of Topliss-reactive ketones (excluding diaryl/α,β-unsaturated/α-hetero) is 1. The van der Waals surface area contributed by atoms with Crippen molar-refractivity contribution >= 4 is 59.5 Å². The molecule has 0 spiro atoms. The number of hydrogen-bond donors (Lipinski definition) is 4. The van der Waals surface area contributed by atoms with Crippen molar-refractivity contribution < 1.29 is 110 Å². The fourth-order valence-corrected chi connectivity index (χ4v) is 13.9. The monoisotopic (exact) mass is 1520 g/mol. The summed E-state index contributed by atoms with van der Waals surface area (Å²) in [5, 5.41) is 8.78. The second kappa shape index (κ2) is 55.8. The molecule has 27 heteroatoms. The number of unbranched alkanes of at least 4 members (excludes halogenated alkanes) is 12. The van der Waals surface area contributed by atoms with Crippen LogP contribution in [0.2, 0.25) is 0 Å². The topological polar surface area (TPSA) is 353 Å². The van der Waals surface area contributed by atoms with Crippen molar-refractivity contribution in [2.75, 3.05) is 79.1 Å². The number of nitrogens with one attached hydrogen (secondary N) is 3. The van der Waals surface area contributed by atoms with Gasteiger partial charge in [0.2, 0.25) is 11.8 Å². The molecule has 5 N–H and O–H groups in total. The van der Waals surface area contributed by atoms with Crippen LogP contribution in [0.1, 0.15) is 276 Å². The van der Waals surface area contributed by atoms with Crippen molar-refractivity contribution in [2.45, 2.75) is 325 Å². The molecule has 3 saturated heterocycles. The lowest BCUT2D eigenvalue weighted by Gasteiger charge is -2.43. The molecule has 3 aliphatic rings. The first kappa shape index (κ1) is 95.6. The number of alkyl carbamates (subject to hydrolysis) is 1. The lowest BCUT2D eigenvalue weighted by atomic mass is 9.79. The molecule has 107 heavy (non-hydrogen) atoms. The molecule has 0 radical (unpaired) electrons. The van der Waals surface area contributed by atoms with Gasteiger partial charge in [0.1, 0.15) is 37.8 Å². The molecular weight excluding hydrogens is 1380 g/mol. The van der Waals surface area contributed by atoms with E-state index in [-0.39, 0.29) is 148 Å². The zero-order chi connectivity index (χ0) is 78.9. The Hall–Kier alpha value is -5.58. The third-order valence-electron chi connectivity index (χ3n) is 21.4. The predicted octanol–water partition coefficient (Wildman–Crippen LogP) is 11.9. The highest BCUT2D eigenvalue weighted by Crippen LogP contribution is 2.38. The van der Waals surface area contributed by atoms with Gasteiger partial charge >= 0.3 is 41.9 Å². The minimum absolute atomic E-state index is 0.00630. The molecule has 0 aromatic heterocycles. The van der Waals surface area contributed by atoms with E-state index in [4.69, 9.17) is 67.3 Å². The van der Waals surface area contributed by atoms with Crippen LogP contribution in [0.5, 0.6) is 0 Å². The summed E-state index contributed by atoms with van der Waals surface area (Å²) in [5.74, 6) is -1.13. The molecule has 16 unspecified atom stereocenters. The van der Waals surface area contributed by atoms with Crippen LogP contribution in [0.3, 0.4) is 0 Å². The fourth-order valence-electron chi connectivity index (χ4n) is 13.9. The Bertz CT molecular complexity index is 2460. The van der Waals surface area contributed by atoms with Crippen LogP contribution in [0.25, 0.3) is 0 Å². The molecular formula is C80H140N4O23. The quantitative estimate of drug-likeness (QED) is 0.0250. The van der Waals surface area contributed by atoms with Crippen molar-refractivity contribution in [1.29, 1.82) is 0 Å². The molecule has 0 saturated carbocycles. The summed E-state index contributed by atoms with van der Waals surface area (Å²) in [6, 6.07) is 0. The van der Waals surface area contributed by atoms with Crippen LogP contribution in [-0.4, -0.2) is 187 Å². The minimum Gasteiger partial charge on any atom is -0.466 e. The van der Waals surface area contributed by atoms with Gasteiger partial charge in [-0.25, -0.2) is 4.79 Å². The first-order chi connectivity index (χ1) is 51.1. The molecule has 27 nitrogen and oxygen atoms in total. The van der Waals surface area contributed by atoms with Gasteiger partial charge in [0.25, 0.3) is 0 Å². The van der Waals surface area contributed by atoms with Gasteiger partial charge < -0.3 is 83.3 Å². The average molecular weight is 1530 g/mol. The molecule has 3 fully saturated rings. The van der Waals surface area contributed by atoms with Gasteiger partial charge in [-0.1, -0.05) is 113 Å². The number of esters is 6. The van der Waals surface area contributed by atoms with Crippen LogP contribution in [0.15, 0.2) is 0 Å². The average Bonchev–Trinajstić information content (AvgIpc) is 0.809. The lowest BCUT2D eigenvalue weighted by molar-refractivity contribution is -0.271. The molecule has 3 rings (SSSR count). The smallest absolute Gasteiger partial charge is 0.407 e. The number of amides is 3. The van der Waals surface area contributed by atoms with Gasteiger partial charge in [0, 0.05) is 115 Å². The molecule has 16 atom stereocenters. The maximum absolute atomic E-state index is 12.8. The van der Waals surface area contributed by atoms with E-state index in [9.17, 15) is 47.9 Å². The SMILES string of the molecule is CC(=O)OCC1OC(OCCCC(=O)CCCCCCCNC(=O)OCCCC(N)(CCCOC(=O)CCCCCCCNC(=O)CCCOC2OC(COC(C)=O)C(C)C(C)C2C)CCCOC(=O)CCCCCCCNC(=O)CCCOC2OC(COC(C)=O)C(C)C(OC(C)=O)C2C)C(C)C(C)C1C. The first-order valence-corrected chi connectivity index (χ1v) is 40.6. The number of rotatable bonds is 58. The predicted molar refractivity (Wildman–Crippen MR) is 400 cm³/mol. The Balaban J connectivity index is 1.30. The number of nitrogens with two attached hydrogens (primary N) is 1. The summed E-state index contributed by atoms with van der Waals surface area (Å²) in [5.41, 5.74) is 6.33. The van der Waals surface area contributed by atoms with Crippen LogP contribution >= 0.6 is 0 Å². The minimum atomic E-state index is -0.706. The van der Waals surface area contributed by atoms with E-state index in [0.717, 1.165) is 83.5 Å². The summed E-state index contributed by atoms with van der Waals surface area (Å²) in [6.07, 6.45) is 16.1. The second-order valence-corrected chi connectivity index (χ2v) is 30.4. The van der Waals surface area contributed by atoms with Gasteiger partial charge in [-0.15, -0.1) is 0 Å². The molecule has 3 amide bonds. The Labute approximate surface area is 639 Å². The van der Waals surface area contributed by atoms with Crippen LogP contribution in [-0.2, 0) is 105 Å². The largest absolute Gasteiger partial charge is 0.466 e. The van der Waals surface area contributed by atoms with Gasteiger partial charge in [0.15, 0.2) is 18.9 Å². The highest BCUT2D eigenvalue weighted by molar-refractivity contribution is 5.78. The zero-order valence-electron chi connectivity index (χ0n) is 67.3. The summed E-state index contributed by atoms with van der Waals surface area (Å²) in [6.45, 7) is 25.5. The summed E-state index contributed by atoms with van der Waals surface area (Å²) in [4.78, 5) is 122. The Morgan fingerprint density at radius 2 is 0.664 bits per heavy atom. The normalized spacial score (nSPS) is 24.7. The third kappa shape index (κ3) is 42.4. The molecule has 0 bridgehead atoms.